The molecule has 1 aromatic heterocycles. The summed E-state index contributed by atoms with van der Waals surface area (Å²) in [6.07, 6.45) is 9.89. The smallest absolute Gasteiger partial charge is 0.319 e. The minimum atomic E-state index is -1.02. The average Bonchev–Trinajstić information content (AvgIpc) is 2.94. The first-order valence-corrected chi connectivity index (χ1v) is 13.3. The molecule has 1 saturated carbocycles. The standard InChI is InChI=1S/C27H36F2N6O2/c1-3-13-30-27(36)33-23-10-9-22(24(28)25(23)29)19-5-7-20(8-6-19)34-37-21-11-14-35(15-12-21)26-31-16-18(4-2)17-32-26/h9-10,16-17,19,21H,3-8,11-15H2,1-2H3,(H2,30,33,36). The summed E-state index contributed by atoms with van der Waals surface area (Å²) in [6.45, 7) is 6.10. The zero-order valence-electron chi connectivity index (χ0n) is 21.6. The zero-order valence-corrected chi connectivity index (χ0v) is 21.6. The summed E-state index contributed by atoms with van der Waals surface area (Å²) >= 11 is 0. The molecular formula is C27H36F2N6O2. The highest BCUT2D eigenvalue weighted by Gasteiger charge is 2.26. The molecule has 1 saturated heterocycles. The van der Waals surface area contributed by atoms with Crippen molar-refractivity contribution in [1.82, 2.24) is 15.3 Å². The number of hydrogen-bond donors (Lipinski definition) is 2. The van der Waals surface area contributed by atoms with Crippen LogP contribution in [0.1, 0.15) is 75.8 Å². The van der Waals surface area contributed by atoms with Gasteiger partial charge in [0, 0.05) is 44.9 Å². The van der Waals surface area contributed by atoms with Crippen molar-refractivity contribution in [3.63, 3.8) is 0 Å². The molecule has 0 bridgehead atoms. The number of carbonyl (C=O) groups is 1. The fourth-order valence-electron chi connectivity index (χ4n) is 4.74. The number of oxime groups is 1. The first-order chi connectivity index (χ1) is 18.0. The number of amides is 2. The predicted octanol–water partition coefficient (Wildman–Crippen LogP) is 5.55. The van der Waals surface area contributed by atoms with Gasteiger partial charge in [0.05, 0.1) is 11.4 Å². The summed E-state index contributed by atoms with van der Waals surface area (Å²) in [4.78, 5) is 28.7. The Hall–Kier alpha value is -3.30. The van der Waals surface area contributed by atoms with E-state index in [1.807, 2.05) is 19.3 Å². The van der Waals surface area contributed by atoms with E-state index in [1.54, 1.807) is 6.07 Å². The van der Waals surface area contributed by atoms with Gasteiger partial charge in [0.15, 0.2) is 11.6 Å². The second kappa shape index (κ2) is 12.8. The van der Waals surface area contributed by atoms with Crippen molar-refractivity contribution < 1.29 is 18.4 Å². The van der Waals surface area contributed by atoms with Crippen LogP contribution in [0.3, 0.4) is 0 Å². The monoisotopic (exact) mass is 514 g/mol. The van der Waals surface area contributed by atoms with Crippen LogP contribution >= 0.6 is 0 Å². The number of aryl methyl sites for hydroxylation is 1. The molecule has 1 aliphatic heterocycles. The number of nitrogens with zero attached hydrogens (tertiary/aromatic N) is 4. The van der Waals surface area contributed by atoms with Gasteiger partial charge < -0.3 is 20.4 Å². The molecule has 10 heteroatoms. The van der Waals surface area contributed by atoms with Gasteiger partial charge in [0.25, 0.3) is 0 Å². The van der Waals surface area contributed by atoms with Crippen LogP contribution in [0.2, 0.25) is 0 Å². The van der Waals surface area contributed by atoms with Crippen LogP contribution in [0.4, 0.5) is 25.2 Å². The van der Waals surface area contributed by atoms with Gasteiger partial charge in [-0.2, -0.15) is 0 Å². The minimum absolute atomic E-state index is 0.0532. The normalized spacial score (nSPS) is 18.4. The van der Waals surface area contributed by atoms with Crippen molar-refractivity contribution >= 4 is 23.4 Å². The van der Waals surface area contributed by atoms with Gasteiger partial charge in [-0.15, -0.1) is 0 Å². The van der Waals surface area contributed by atoms with Gasteiger partial charge in [-0.3, -0.25) is 0 Å². The third kappa shape index (κ3) is 6.93. The minimum Gasteiger partial charge on any atom is -0.392 e. The van der Waals surface area contributed by atoms with Crippen LogP contribution < -0.4 is 15.5 Å². The number of piperidine rings is 1. The van der Waals surface area contributed by atoms with E-state index in [1.165, 1.54) is 6.07 Å². The Balaban J connectivity index is 1.24. The molecule has 0 radical (unpaired) electrons. The molecule has 4 rings (SSSR count). The van der Waals surface area contributed by atoms with Crippen molar-refractivity contribution in [2.24, 2.45) is 5.16 Å². The summed E-state index contributed by atoms with van der Waals surface area (Å²) in [6, 6.07) is 2.46. The molecule has 1 aromatic carbocycles. The molecule has 37 heavy (non-hydrogen) atoms. The third-order valence-electron chi connectivity index (χ3n) is 7.05. The lowest BCUT2D eigenvalue weighted by molar-refractivity contribution is 0.0406. The number of rotatable bonds is 8. The van der Waals surface area contributed by atoms with Gasteiger partial charge in [-0.1, -0.05) is 25.1 Å². The van der Waals surface area contributed by atoms with E-state index in [4.69, 9.17) is 4.84 Å². The van der Waals surface area contributed by atoms with Crippen molar-refractivity contribution in [2.75, 3.05) is 29.9 Å². The molecule has 0 unspecified atom stereocenters. The topological polar surface area (TPSA) is 91.7 Å². The number of nitrogens with one attached hydrogen (secondary N) is 2. The lowest BCUT2D eigenvalue weighted by Crippen LogP contribution is -2.37. The molecule has 8 nitrogen and oxygen atoms in total. The molecule has 200 valence electrons. The second-order valence-electron chi connectivity index (χ2n) is 9.68. The number of halogens is 2. The first-order valence-electron chi connectivity index (χ1n) is 13.3. The number of urea groups is 1. The molecule has 2 heterocycles. The fraction of sp³-hybridized carbons (Fsp3) is 0.556. The molecule has 0 spiro atoms. The van der Waals surface area contributed by atoms with Crippen LogP contribution in [-0.2, 0) is 11.3 Å². The zero-order chi connectivity index (χ0) is 26.2. The van der Waals surface area contributed by atoms with E-state index in [2.05, 4.69) is 37.6 Å². The highest BCUT2D eigenvalue weighted by Crippen LogP contribution is 2.35. The molecule has 2 fully saturated rings. The fourth-order valence-corrected chi connectivity index (χ4v) is 4.74. The molecule has 2 N–H and O–H groups in total. The summed E-state index contributed by atoms with van der Waals surface area (Å²) in [5.41, 5.74) is 2.28. The molecule has 2 amide bonds. The average molecular weight is 515 g/mol. The van der Waals surface area contributed by atoms with Crippen LogP contribution in [0.5, 0.6) is 0 Å². The molecule has 2 aliphatic rings. The van der Waals surface area contributed by atoms with Gasteiger partial charge in [0.1, 0.15) is 6.10 Å². The predicted molar refractivity (Wildman–Crippen MR) is 140 cm³/mol. The van der Waals surface area contributed by atoms with Crippen molar-refractivity contribution in [1.29, 1.82) is 0 Å². The Bertz CT molecular complexity index is 1080. The van der Waals surface area contributed by atoms with Crippen molar-refractivity contribution in [3.8, 4) is 0 Å². The van der Waals surface area contributed by atoms with Crippen molar-refractivity contribution in [3.05, 3.63) is 47.3 Å². The Labute approximate surface area is 216 Å². The molecule has 2 aromatic rings. The van der Waals surface area contributed by atoms with Crippen LogP contribution in [0.25, 0.3) is 0 Å². The van der Waals surface area contributed by atoms with Gasteiger partial charge in [0.2, 0.25) is 5.95 Å². The van der Waals surface area contributed by atoms with Crippen molar-refractivity contribution in [2.45, 2.75) is 77.2 Å². The highest BCUT2D eigenvalue weighted by molar-refractivity contribution is 5.89. The lowest BCUT2D eigenvalue weighted by atomic mass is 9.83. The molecule has 1 aliphatic carbocycles. The summed E-state index contributed by atoms with van der Waals surface area (Å²) in [5, 5.41) is 9.38. The largest absolute Gasteiger partial charge is 0.392 e. The summed E-state index contributed by atoms with van der Waals surface area (Å²) in [7, 11) is 0. The third-order valence-corrected chi connectivity index (χ3v) is 7.05. The number of carbonyl (C=O) groups excluding carboxylic acids is 1. The van der Waals surface area contributed by atoms with Gasteiger partial charge in [-0.05, 0) is 61.6 Å². The second-order valence-corrected chi connectivity index (χ2v) is 9.68. The van der Waals surface area contributed by atoms with E-state index < -0.39 is 17.7 Å². The van der Waals surface area contributed by atoms with Crippen LogP contribution in [0, 0.1) is 11.6 Å². The summed E-state index contributed by atoms with van der Waals surface area (Å²) in [5.74, 6) is -1.26. The Morgan fingerprint density at radius 1 is 1.08 bits per heavy atom. The van der Waals surface area contributed by atoms with E-state index in [0.717, 1.165) is 56.0 Å². The lowest BCUT2D eigenvalue weighted by Gasteiger charge is -2.31. The van der Waals surface area contributed by atoms with E-state index in [9.17, 15) is 13.6 Å². The number of aromatic nitrogens is 2. The Kier molecular flexibility index (Phi) is 9.24. The number of benzene rings is 1. The van der Waals surface area contributed by atoms with E-state index in [0.29, 0.717) is 37.8 Å². The maximum absolute atomic E-state index is 14.8. The molecular weight excluding hydrogens is 478 g/mol. The maximum atomic E-state index is 14.8. The van der Waals surface area contributed by atoms with Gasteiger partial charge >= 0.3 is 6.03 Å². The molecule has 0 atom stereocenters. The highest BCUT2D eigenvalue weighted by atomic mass is 19.2. The Morgan fingerprint density at radius 2 is 1.78 bits per heavy atom. The first kappa shape index (κ1) is 26.8. The number of hydrogen-bond acceptors (Lipinski definition) is 6. The van der Waals surface area contributed by atoms with E-state index in [-0.39, 0.29) is 17.7 Å². The van der Waals surface area contributed by atoms with Crippen LogP contribution in [0.15, 0.2) is 29.7 Å². The Morgan fingerprint density at radius 3 is 2.43 bits per heavy atom. The summed E-state index contributed by atoms with van der Waals surface area (Å²) < 4.78 is 29.4. The van der Waals surface area contributed by atoms with Crippen LogP contribution in [-0.4, -0.2) is 47.4 Å². The SMILES string of the molecule is CCCNC(=O)Nc1ccc(C2CCC(=NOC3CCN(c4ncc(CC)cn4)CC3)CC2)c(F)c1F. The van der Waals surface area contributed by atoms with E-state index >= 15 is 0 Å². The van der Waals surface area contributed by atoms with Gasteiger partial charge in [-0.25, -0.2) is 23.5 Å². The quantitative estimate of drug-likeness (QED) is 0.451. The maximum Gasteiger partial charge on any atom is 0.319 e. The number of anilines is 2.